The van der Waals surface area contributed by atoms with Crippen molar-refractivity contribution in [3.8, 4) is 0 Å². The number of rotatable bonds is 9. The van der Waals surface area contributed by atoms with Crippen molar-refractivity contribution in [2.24, 2.45) is 0 Å². The van der Waals surface area contributed by atoms with E-state index in [4.69, 9.17) is 0 Å². The second kappa shape index (κ2) is 10.2. The number of amides is 2. The maximum absolute atomic E-state index is 13.4. The van der Waals surface area contributed by atoms with Crippen LogP contribution in [0, 0.1) is 0 Å². The zero-order valence-corrected chi connectivity index (χ0v) is 18.4. The first kappa shape index (κ1) is 21.8. The van der Waals surface area contributed by atoms with Crippen LogP contribution in [0.4, 0.5) is 5.69 Å². The molecule has 1 unspecified atom stereocenters. The van der Waals surface area contributed by atoms with Gasteiger partial charge in [-0.3, -0.25) is 9.59 Å². The summed E-state index contributed by atoms with van der Waals surface area (Å²) < 4.78 is 1.73. The van der Waals surface area contributed by atoms with Crippen LogP contribution in [0.2, 0.25) is 0 Å². The predicted molar refractivity (Wildman–Crippen MR) is 124 cm³/mol. The van der Waals surface area contributed by atoms with Gasteiger partial charge in [-0.2, -0.15) is 0 Å². The molecule has 3 aromatic rings. The number of hydrogen-bond acceptors (Lipinski definition) is 4. The largest absolute Gasteiger partial charge is 0.355 e. The summed E-state index contributed by atoms with van der Waals surface area (Å²) >= 11 is 0. The number of hydrogen-bond donors (Lipinski definition) is 1. The van der Waals surface area contributed by atoms with Gasteiger partial charge in [0.25, 0.3) is 5.91 Å². The summed E-state index contributed by atoms with van der Waals surface area (Å²) in [6.45, 7) is 2.71. The first-order valence-electron chi connectivity index (χ1n) is 11.0. The summed E-state index contributed by atoms with van der Waals surface area (Å²) in [4.78, 5) is 34.2. The highest BCUT2D eigenvalue weighted by Gasteiger charge is 2.32. The van der Waals surface area contributed by atoms with Crippen molar-refractivity contribution >= 4 is 17.5 Å². The fraction of sp³-hybridized carbons (Fsp3) is 0.320. The zero-order chi connectivity index (χ0) is 22.3. The second-order valence-electron chi connectivity index (χ2n) is 8.17. The van der Waals surface area contributed by atoms with E-state index in [0.717, 1.165) is 30.8 Å². The van der Waals surface area contributed by atoms with Crippen LogP contribution in [0.15, 0.2) is 73.3 Å². The second-order valence-corrected chi connectivity index (χ2v) is 8.17. The minimum atomic E-state index is -0.620. The van der Waals surface area contributed by atoms with Crippen LogP contribution < -0.4 is 10.2 Å². The van der Waals surface area contributed by atoms with Gasteiger partial charge in [0.1, 0.15) is 6.04 Å². The van der Waals surface area contributed by atoms with Gasteiger partial charge in [-0.25, -0.2) is 4.98 Å². The van der Waals surface area contributed by atoms with Gasteiger partial charge in [-0.15, -0.1) is 0 Å². The van der Waals surface area contributed by atoms with Crippen molar-refractivity contribution < 1.29 is 9.59 Å². The molecule has 2 aromatic carbocycles. The molecule has 0 aliphatic carbocycles. The molecule has 1 N–H and O–H groups in total. The Kier molecular flexibility index (Phi) is 6.97. The number of anilines is 1. The van der Waals surface area contributed by atoms with Crippen LogP contribution in [-0.4, -0.2) is 52.9 Å². The molecule has 0 fully saturated rings. The first-order chi connectivity index (χ1) is 15.6. The van der Waals surface area contributed by atoms with E-state index in [1.54, 1.807) is 28.2 Å². The van der Waals surface area contributed by atoms with Gasteiger partial charge in [0, 0.05) is 44.3 Å². The Hall–Kier alpha value is -3.45. The van der Waals surface area contributed by atoms with Gasteiger partial charge in [-0.05, 0) is 30.7 Å². The van der Waals surface area contributed by atoms with Gasteiger partial charge < -0.3 is 19.7 Å². The number of aromatic nitrogens is 2. The number of nitrogens with one attached hydrogen (secondary N) is 1. The number of nitrogens with zero attached hydrogens (tertiary/aromatic N) is 4. The Morgan fingerprint density at radius 3 is 2.69 bits per heavy atom. The average molecular weight is 432 g/mol. The van der Waals surface area contributed by atoms with Gasteiger partial charge in [0.05, 0.1) is 12.7 Å². The summed E-state index contributed by atoms with van der Waals surface area (Å²) in [6, 6.07) is 17.6. The molecule has 1 aliphatic rings. The van der Waals surface area contributed by atoms with E-state index in [1.807, 2.05) is 49.5 Å². The van der Waals surface area contributed by atoms with Crippen LogP contribution >= 0.6 is 0 Å². The summed E-state index contributed by atoms with van der Waals surface area (Å²) in [6.07, 6.45) is 5.89. The Morgan fingerprint density at radius 1 is 1.12 bits per heavy atom. The van der Waals surface area contributed by atoms with Crippen molar-refractivity contribution in [3.05, 3.63) is 84.4 Å². The molecular weight excluding hydrogens is 402 g/mol. The Bertz CT molecular complexity index is 1040. The van der Waals surface area contributed by atoms with Gasteiger partial charge in [0.2, 0.25) is 5.91 Å². The molecule has 1 atom stereocenters. The maximum Gasteiger partial charge on any atom is 0.250 e. The number of fused-ring (bicyclic) bond motifs is 1. The highest BCUT2D eigenvalue weighted by atomic mass is 16.2. The van der Waals surface area contributed by atoms with E-state index in [-0.39, 0.29) is 18.2 Å². The fourth-order valence-corrected chi connectivity index (χ4v) is 4.13. The lowest BCUT2D eigenvalue weighted by atomic mass is 10.1. The van der Waals surface area contributed by atoms with Crippen LogP contribution in [0.3, 0.4) is 0 Å². The summed E-state index contributed by atoms with van der Waals surface area (Å²) in [5.74, 6) is -0.220. The molecule has 7 nitrogen and oxygen atoms in total. The van der Waals surface area contributed by atoms with Crippen molar-refractivity contribution in [1.29, 1.82) is 0 Å². The van der Waals surface area contributed by atoms with E-state index in [0.29, 0.717) is 13.1 Å². The number of likely N-dealkylation sites (N-methyl/N-ethyl adjacent to an activating group) is 1. The normalized spacial score (nSPS) is 13.8. The number of carbonyl (C=O) groups is 2. The predicted octanol–water partition coefficient (Wildman–Crippen LogP) is 2.65. The Balaban J connectivity index is 1.34. The molecule has 0 bridgehead atoms. The van der Waals surface area contributed by atoms with Crippen molar-refractivity contribution in [1.82, 2.24) is 19.8 Å². The minimum absolute atomic E-state index is 0.0794. The number of carbonyl (C=O) groups excluding carboxylic acids is 2. The van der Waals surface area contributed by atoms with Crippen molar-refractivity contribution in [2.45, 2.75) is 25.4 Å². The summed E-state index contributed by atoms with van der Waals surface area (Å²) in [7, 11) is 2.03. The van der Waals surface area contributed by atoms with Crippen LogP contribution in [-0.2, 0) is 22.6 Å². The van der Waals surface area contributed by atoms with E-state index < -0.39 is 6.04 Å². The molecule has 2 heterocycles. The van der Waals surface area contributed by atoms with E-state index in [9.17, 15) is 9.59 Å². The van der Waals surface area contributed by atoms with E-state index in [1.165, 1.54) is 5.56 Å². The fourth-order valence-electron chi connectivity index (χ4n) is 4.13. The molecule has 1 aliphatic heterocycles. The van der Waals surface area contributed by atoms with Gasteiger partial charge in [0.15, 0.2) is 0 Å². The van der Waals surface area contributed by atoms with E-state index >= 15 is 0 Å². The van der Waals surface area contributed by atoms with Crippen LogP contribution in [0.5, 0.6) is 0 Å². The monoisotopic (exact) mass is 431 g/mol. The highest BCUT2D eigenvalue weighted by Crippen LogP contribution is 2.30. The van der Waals surface area contributed by atoms with E-state index in [2.05, 4.69) is 27.3 Å². The molecular formula is C25H29N5O2. The lowest BCUT2D eigenvalue weighted by Gasteiger charge is -2.25. The summed E-state index contributed by atoms with van der Waals surface area (Å²) in [5.41, 5.74) is 3.33. The highest BCUT2D eigenvalue weighted by molar-refractivity contribution is 6.00. The third-order valence-electron chi connectivity index (χ3n) is 5.81. The smallest absolute Gasteiger partial charge is 0.250 e. The average Bonchev–Trinajstić information content (AvgIpc) is 3.48. The van der Waals surface area contributed by atoms with Crippen molar-refractivity contribution in [3.63, 3.8) is 0 Å². The quantitative estimate of drug-likeness (QED) is 0.566. The SMILES string of the molecule is CN(CCNC(=O)CC(C(=O)N1CCc2ccccc21)n1ccnc1)Cc1ccccc1. The molecule has 32 heavy (non-hydrogen) atoms. The molecule has 4 rings (SSSR count). The Labute approximate surface area is 188 Å². The molecule has 1 aromatic heterocycles. The lowest BCUT2D eigenvalue weighted by Crippen LogP contribution is -2.40. The lowest BCUT2D eigenvalue weighted by molar-refractivity contribution is -0.128. The topological polar surface area (TPSA) is 70.5 Å². The van der Waals surface area contributed by atoms with Crippen LogP contribution in [0.1, 0.15) is 23.6 Å². The Morgan fingerprint density at radius 2 is 1.91 bits per heavy atom. The molecule has 0 saturated carbocycles. The van der Waals surface area contributed by atoms with Gasteiger partial charge >= 0.3 is 0 Å². The number of para-hydroxylation sites is 1. The third kappa shape index (κ3) is 5.23. The zero-order valence-electron chi connectivity index (χ0n) is 18.4. The number of benzene rings is 2. The summed E-state index contributed by atoms with van der Waals surface area (Å²) in [5, 5.41) is 2.97. The maximum atomic E-state index is 13.4. The molecule has 0 spiro atoms. The standard InChI is InChI=1S/C25H29N5O2/c1-28(18-20-7-3-2-4-8-20)15-13-27-24(31)17-23(29-16-12-26-19-29)25(32)30-14-11-21-9-5-6-10-22(21)30/h2-10,12,16,19,23H,11,13-15,17-18H2,1H3,(H,27,31). The third-order valence-corrected chi connectivity index (χ3v) is 5.81. The molecule has 7 heteroatoms. The molecule has 2 amide bonds. The number of imidazole rings is 1. The minimum Gasteiger partial charge on any atom is -0.355 e. The van der Waals surface area contributed by atoms with Crippen molar-refractivity contribution in [2.75, 3.05) is 31.6 Å². The molecule has 0 saturated heterocycles. The molecule has 166 valence electrons. The first-order valence-corrected chi connectivity index (χ1v) is 11.0. The van der Waals surface area contributed by atoms with Gasteiger partial charge in [-0.1, -0.05) is 48.5 Å². The molecule has 0 radical (unpaired) electrons. The van der Waals surface area contributed by atoms with Crippen LogP contribution in [0.25, 0.3) is 0 Å².